The molecule has 0 aliphatic rings. The van der Waals surface area contributed by atoms with Gasteiger partial charge in [0, 0.05) is 17.0 Å². The maximum atomic E-state index is 11.5. The highest BCUT2D eigenvalue weighted by Crippen LogP contribution is 2.24. The van der Waals surface area contributed by atoms with E-state index in [1.807, 2.05) is 36.4 Å². The Balaban J connectivity index is 2.07. The molecule has 2 aromatic carbocycles. The molecule has 136 valence electrons. The van der Waals surface area contributed by atoms with E-state index in [4.69, 9.17) is 0 Å². The van der Waals surface area contributed by atoms with E-state index >= 15 is 0 Å². The summed E-state index contributed by atoms with van der Waals surface area (Å²) in [6.45, 7) is 5.39. The standard InChI is InChI=1S/C24H28O2/c1-4-5-8-23(24-16-14-22(15-17-24)19(3)26)9-6-7-20-10-12-21(13-11-20)18(2)25/h6,9-17,23H,4-5,7-8H2,1-3H3. The molecule has 2 rings (SSSR count). The van der Waals surface area contributed by atoms with Gasteiger partial charge in [-0.05, 0) is 37.8 Å². The second-order valence-electron chi connectivity index (χ2n) is 6.81. The van der Waals surface area contributed by atoms with E-state index in [0.29, 0.717) is 5.92 Å². The summed E-state index contributed by atoms with van der Waals surface area (Å²) < 4.78 is 0. The monoisotopic (exact) mass is 348 g/mol. The summed E-state index contributed by atoms with van der Waals surface area (Å²) in [7, 11) is 0. The topological polar surface area (TPSA) is 34.1 Å². The van der Waals surface area contributed by atoms with Gasteiger partial charge in [0.15, 0.2) is 11.6 Å². The van der Waals surface area contributed by atoms with Crippen molar-refractivity contribution >= 4 is 11.6 Å². The van der Waals surface area contributed by atoms with Crippen molar-refractivity contribution in [2.75, 3.05) is 0 Å². The first kappa shape index (κ1) is 19.8. The number of hydrogen-bond acceptors (Lipinski definition) is 2. The van der Waals surface area contributed by atoms with E-state index < -0.39 is 0 Å². The molecule has 1 unspecified atom stereocenters. The van der Waals surface area contributed by atoms with Gasteiger partial charge in [0.2, 0.25) is 0 Å². The van der Waals surface area contributed by atoms with Crippen LogP contribution in [0.2, 0.25) is 0 Å². The maximum absolute atomic E-state index is 11.5. The largest absolute Gasteiger partial charge is 0.295 e. The Morgan fingerprint density at radius 2 is 1.42 bits per heavy atom. The maximum Gasteiger partial charge on any atom is 0.159 e. The Labute approximate surface area is 157 Å². The second-order valence-corrected chi connectivity index (χ2v) is 6.81. The Morgan fingerprint density at radius 3 is 1.92 bits per heavy atom. The van der Waals surface area contributed by atoms with Crippen molar-refractivity contribution < 1.29 is 9.59 Å². The number of allylic oxidation sites excluding steroid dienone is 2. The van der Waals surface area contributed by atoms with Crippen molar-refractivity contribution in [2.24, 2.45) is 0 Å². The minimum absolute atomic E-state index is 0.0979. The summed E-state index contributed by atoms with van der Waals surface area (Å²) in [4.78, 5) is 22.8. The molecule has 0 aromatic heterocycles. The highest BCUT2D eigenvalue weighted by atomic mass is 16.1. The number of Topliss-reactive ketones (excluding diaryl/α,β-unsaturated/α-hetero) is 2. The lowest BCUT2D eigenvalue weighted by Crippen LogP contribution is -1.98. The third-order valence-electron chi connectivity index (χ3n) is 4.70. The normalized spacial score (nSPS) is 12.3. The van der Waals surface area contributed by atoms with Gasteiger partial charge in [0.1, 0.15) is 0 Å². The Kier molecular flexibility index (Phi) is 7.53. The van der Waals surface area contributed by atoms with E-state index in [2.05, 4.69) is 31.2 Å². The van der Waals surface area contributed by atoms with E-state index in [1.165, 1.54) is 24.0 Å². The number of hydrogen-bond donors (Lipinski definition) is 0. The highest BCUT2D eigenvalue weighted by Gasteiger charge is 2.08. The molecule has 0 bridgehead atoms. The van der Waals surface area contributed by atoms with Crippen LogP contribution in [0, 0.1) is 0 Å². The molecule has 2 aromatic rings. The van der Waals surface area contributed by atoms with Crippen LogP contribution in [0.1, 0.15) is 77.8 Å². The summed E-state index contributed by atoms with van der Waals surface area (Å²) >= 11 is 0. The summed E-state index contributed by atoms with van der Waals surface area (Å²) in [6, 6.07) is 15.8. The van der Waals surface area contributed by atoms with Gasteiger partial charge >= 0.3 is 0 Å². The van der Waals surface area contributed by atoms with E-state index in [1.54, 1.807) is 13.8 Å². The zero-order valence-corrected chi connectivity index (χ0v) is 16.0. The molecular formula is C24H28O2. The molecule has 0 saturated carbocycles. The Morgan fingerprint density at radius 1 is 0.885 bits per heavy atom. The highest BCUT2D eigenvalue weighted by molar-refractivity contribution is 5.94. The lowest BCUT2D eigenvalue weighted by molar-refractivity contribution is 0.100. The first-order valence-electron chi connectivity index (χ1n) is 9.38. The molecule has 2 heteroatoms. The van der Waals surface area contributed by atoms with Crippen LogP contribution in [-0.4, -0.2) is 11.6 Å². The van der Waals surface area contributed by atoms with Crippen LogP contribution in [0.15, 0.2) is 60.7 Å². The summed E-state index contributed by atoms with van der Waals surface area (Å²) in [5.41, 5.74) is 3.97. The summed E-state index contributed by atoms with van der Waals surface area (Å²) in [5, 5.41) is 0. The molecule has 0 amide bonds. The molecule has 0 N–H and O–H groups in total. The lowest BCUT2D eigenvalue weighted by Gasteiger charge is -2.13. The molecule has 0 aliphatic carbocycles. The van der Waals surface area contributed by atoms with Crippen molar-refractivity contribution in [2.45, 2.75) is 52.4 Å². The van der Waals surface area contributed by atoms with E-state index in [-0.39, 0.29) is 11.6 Å². The number of ketones is 2. The predicted octanol–water partition coefficient (Wildman–Crippen LogP) is 6.16. The summed E-state index contributed by atoms with van der Waals surface area (Å²) in [6.07, 6.45) is 8.79. The third-order valence-corrected chi connectivity index (χ3v) is 4.70. The fourth-order valence-electron chi connectivity index (χ4n) is 3.01. The van der Waals surface area contributed by atoms with Crippen LogP contribution in [0.5, 0.6) is 0 Å². The van der Waals surface area contributed by atoms with Gasteiger partial charge in [0.05, 0.1) is 0 Å². The fraction of sp³-hybridized carbons (Fsp3) is 0.333. The van der Waals surface area contributed by atoms with Gasteiger partial charge in [-0.25, -0.2) is 0 Å². The number of benzene rings is 2. The molecule has 0 fully saturated rings. The van der Waals surface area contributed by atoms with Crippen LogP contribution in [0.3, 0.4) is 0 Å². The number of carbonyl (C=O) groups excluding carboxylic acids is 2. The van der Waals surface area contributed by atoms with Crippen molar-refractivity contribution in [3.63, 3.8) is 0 Å². The van der Waals surface area contributed by atoms with Crippen LogP contribution in [0.4, 0.5) is 0 Å². The first-order chi connectivity index (χ1) is 12.5. The van der Waals surface area contributed by atoms with Crippen LogP contribution < -0.4 is 0 Å². The van der Waals surface area contributed by atoms with Gasteiger partial charge < -0.3 is 0 Å². The van der Waals surface area contributed by atoms with Crippen LogP contribution in [0.25, 0.3) is 0 Å². The molecule has 0 aliphatic heterocycles. The third kappa shape index (κ3) is 5.80. The molecule has 0 spiro atoms. The van der Waals surface area contributed by atoms with E-state index in [9.17, 15) is 9.59 Å². The van der Waals surface area contributed by atoms with Gasteiger partial charge in [0.25, 0.3) is 0 Å². The summed E-state index contributed by atoms with van der Waals surface area (Å²) in [5.74, 6) is 0.569. The predicted molar refractivity (Wildman–Crippen MR) is 108 cm³/mol. The fourth-order valence-corrected chi connectivity index (χ4v) is 3.01. The minimum atomic E-state index is 0.0979. The Hall–Kier alpha value is -2.48. The van der Waals surface area contributed by atoms with Crippen molar-refractivity contribution in [1.29, 1.82) is 0 Å². The van der Waals surface area contributed by atoms with Crippen LogP contribution in [-0.2, 0) is 6.42 Å². The van der Waals surface area contributed by atoms with Gasteiger partial charge in [-0.2, -0.15) is 0 Å². The van der Waals surface area contributed by atoms with Gasteiger partial charge in [-0.3, -0.25) is 9.59 Å². The average molecular weight is 348 g/mol. The molecule has 2 nitrogen and oxygen atoms in total. The Bertz CT molecular complexity index is 752. The molecular weight excluding hydrogens is 320 g/mol. The van der Waals surface area contributed by atoms with Crippen molar-refractivity contribution in [1.82, 2.24) is 0 Å². The van der Waals surface area contributed by atoms with Gasteiger partial charge in [-0.15, -0.1) is 0 Å². The van der Waals surface area contributed by atoms with Crippen molar-refractivity contribution in [3.05, 3.63) is 82.9 Å². The lowest BCUT2D eigenvalue weighted by atomic mass is 9.91. The number of rotatable bonds is 9. The van der Waals surface area contributed by atoms with Crippen molar-refractivity contribution in [3.8, 4) is 0 Å². The van der Waals surface area contributed by atoms with E-state index in [0.717, 1.165) is 24.0 Å². The molecule has 0 saturated heterocycles. The smallest absolute Gasteiger partial charge is 0.159 e. The SMILES string of the molecule is CCCCC(C=CCc1ccc(C(C)=O)cc1)c1ccc(C(C)=O)cc1. The molecule has 26 heavy (non-hydrogen) atoms. The van der Waals surface area contributed by atoms with Gasteiger partial charge in [-0.1, -0.05) is 80.4 Å². The number of unbranched alkanes of at least 4 members (excludes halogenated alkanes) is 1. The quantitative estimate of drug-likeness (QED) is 0.401. The molecule has 0 heterocycles. The minimum Gasteiger partial charge on any atom is -0.295 e. The second kappa shape index (κ2) is 9.86. The average Bonchev–Trinajstić information content (AvgIpc) is 2.65. The molecule has 0 radical (unpaired) electrons. The molecule has 1 atom stereocenters. The van der Waals surface area contributed by atoms with Crippen LogP contribution >= 0.6 is 0 Å². The first-order valence-corrected chi connectivity index (χ1v) is 9.38. The number of carbonyl (C=O) groups is 2. The zero-order chi connectivity index (χ0) is 18.9. The zero-order valence-electron chi connectivity index (χ0n) is 16.0.